The number of hydrogen-bond acceptors (Lipinski definition) is 0. The van der Waals surface area contributed by atoms with E-state index in [2.05, 4.69) is 42.8 Å². The van der Waals surface area contributed by atoms with E-state index in [1.807, 2.05) is 0 Å². The third-order valence-corrected chi connectivity index (χ3v) is 2.42. The van der Waals surface area contributed by atoms with Gasteiger partial charge >= 0.3 is 0 Å². The summed E-state index contributed by atoms with van der Waals surface area (Å²) in [6, 6.07) is 0. The fourth-order valence-corrected chi connectivity index (χ4v) is 1.03. The van der Waals surface area contributed by atoms with Gasteiger partial charge in [-0.1, -0.05) is 41.4 Å². The van der Waals surface area contributed by atoms with Crippen LogP contribution in [0.1, 0.15) is 33.6 Å². The topological polar surface area (TPSA) is 0 Å². The van der Waals surface area contributed by atoms with Crippen molar-refractivity contribution in [3.63, 3.8) is 0 Å². The van der Waals surface area contributed by atoms with E-state index >= 15 is 0 Å². The molecule has 0 aliphatic heterocycles. The Labute approximate surface area is 72.8 Å². The minimum absolute atomic E-state index is 0.763. The third-order valence-electron chi connectivity index (χ3n) is 1.97. The Morgan fingerprint density at radius 2 is 2.20 bits per heavy atom. The Morgan fingerprint density at radius 3 is 2.60 bits per heavy atom. The molecule has 0 radical (unpaired) electrons. The van der Waals surface area contributed by atoms with Crippen molar-refractivity contribution in [1.82, 2.24) is 0 Å². The van der Waals surface area contributed by atoms with Crippen LogP contribution >= 0.6 is 15.9 Å². The SMILES string of the molecule is CCC(C)C(C)=CCCBr. The van der Waals surface area contributed by atoms with Gasteiger partial charge in [0.1, 0.15) is 0 Å². The standard InChI is InChI=1S/C9H17Br/c1-4-8(2)9(3)6-5-7-10/h6,8H,4-5,7H2,1-3H3. The minimum atomic E-state index is 0.763. The Bertz CT molecular complexity index is 105. The van der Waals surface area contributed by atoms with Gasteiger partial charge in [0.2, 0.25) is 0 Å². The summed E-state index contributed by atoms with van der Waals surface area (Å²) in [5.41, 5.74) is 1.53. The molecular formula is C9H17Br. The maximum absolute atomic E-state index is 3.40. The maximum atomic E-state index is 3.40. The van der Waals surface area contributed by atoms with Crippen molar-refractivity contribution in [3.05, 3.63) is 11.6 Å². The van der Waals surface area contributed by atoms with Crippen LogP contribution in [0, 0.1) is 5.92 Å². The summed E-state index contributed by atoms with van der Waals surface area (Å²) >= 11 is 3.40. The molecule has 0 aromatic rings. The monoisotopic (exact) mass is 204 g/mol. The second kappa shape index (κ2) is 5.96. The molecule has 0 aliphatic rings. The van der Waals surface area contributed by atoms with Gasteiger partial charge in [-0.05, 0) is 25.7 Å². The highest BCUT2D eigenvalue weighted by Crippen LogP contribution is 2.13. The molecule has 0 aromatic heterocycles. The van der Waals surface area contributed by atoms with Crippen LogP contribution in [0.25, 0.3) is 0 Å². The average Bonchev–Trinajstić information content (AvgIpc) is 1.98. The normalized spacial score (nSPS) is 15.4. The van der Waals surface area contributed by atoms with Gasteiger partial charge in [0.25, 0.3) is 0 Å². The highest BCUT2D eigenvalue weighted by atomic mass is 79.9. The van der Waals surface area contributed by atoms with Crippen molar-refractivity contribution in [1.29, 1.82) is 0 Å². The van der Waals surface area contributed by atoms with E-state index in [9.17, 15) is 0 Å². The number of alkyl halides is 1. The minimum Gasteiger partial charge on any atom is -0.0925 e. The smallest absolute Gasteiger partial charge is 0.00660 e. The molecule has 0 nitrogen and oxygen atoms in total. The van der Waals surface area contributed by atoms with Crippen LogP contribution in [-0.4, -0.2) is 5.33 Å². The van der Waals surface area contributed by atoms with Gasteiger partial charge < -0.3 is 0 Å². The fourth-order valence-electron chi connectivity index (χ4n) is 0.805. The van der Waals surface area contributed by atoms with E-state index in [0.29, 0.717) is 0 Å². The van der Waals surface area contributed by atoms with Gasteiger partial charge in [-0.15, -0.1) is 0 Å². The van der Waals surface area contributed by atoms with Crippen molar-refractivity contribution in [3.8, 4) is 0 Å². The van der Waals surface area contributed by atoms with E-state index in [4.69, 9.17) is 0 Å². The summed E-state index contributed by atoms with van der Waals surface area (Å²) in [4.78, 5) is 0. The van der Waals surface area contributed by atoms with E-state index in [1.54, 1.807) is 0 Å². The molecule has 0 amide bonds. The second-order valence-electron chi connectivity index (χ2n) is 2.74. The van der Waals surface area contributed by atoms with Crippen molar-refractivity contribution in [2.45, 2.75) is 33.6 Å². The Kier molecular flexibility index (Phi) is 6.10. The fraction of sp³-hybridized carbons (Fsp3) is 0.778. The number of allylic oxidation sites excluding steroid dienone is 2. The summed E-state index contributed by atoms with van der Waals surface area (Å²) in [5, 5.41) is 1.08. The molecule has 0 N–H and O–H groups in total. The van der Waals surface area contributed by atoms with Crippen LogP contribution in [0.2, 0.25) is 0 Å². The van der Waals surface area contributed by atoms with Gasteiger partial charge in [-0.25, -0.2) is 0 Å². The molecule has 0 fully saturated rings. The third kappa shape index (κ3) is 4.10. The van der Waals surface area contributed by atoms with E-state index in [-0.39, 0.29) is 0 Å². The number of halogens is 1. The predicted molar refractivity (Wildman–Crippen MR) is 51.6 cm³/mol. The van der Waals surface area contributed by atoms with Crippen LogP contribution in [0.5, 0.6) is 0 Å². The first-order valence-corrected chi connectivity index (χ1v) is 5.07. The molecule has 0 rings (SSSR count). The molecule has 0 heterocycles. The molecule has 10 heavy (non-hydrogen) atoms. The Morgan fingerprint density at radius 1 is 1.60 bits per heavy atom. The molecule has 0 saturated carbocycles. The van der Waals surface area contributed by atoms with Gasteiger partial charge in [0, 0.05) is 5.33 Å². The average molecular weight is 205 g/mol. The first-order valence-electron chi connectivity index (χ1n) is 3.95. The zero-order chi connectivity index (χ0) is 7.98. The lowest BCUT2D eigenvalue weighted by atomic mass is 9.99. The molecule has 1 unspecified atom stereocenters. The van der Waals surface area contributed by atoms with Crippen molar-refractivity contribution >= 4 is 15.9 Å². The van der Waals surface area contributed by atoms with E-state index in [0.717, 1.165) is 17.7 Å². The molecule has 0 aliphatic carbocycles. The van der Waals surface area contributed by atoms with Crippen LogP contribution in [-0.2, 0) is 0 Å². The summed E-state index contributed by atoms with van der Waals surface area (Å²) in [7, 11) is 0. The molecular weight excluding hydrogens is 188 g/mol. The Balaban J connectivity index is 3.67. The second-order valence-corrected chi connectivity index (χ2v) is 3.53. The van der Waals surface area contributed by atoms with Gasteiger partial charge in [-0.3, -0.25) is 0 Å². The lowest BCUT2D eigenvalue weighted by Crippen LogP contribution is -1.93. The molecule has 0 saturated heterocycles. The molecule has 60 valence electrons. The van der Waals surface area contributed by atoms with Crippen LogP contribution in [0.4, 0.5) is 0 Å². The predicted octanol–water partition coefficient (Wildman–Crippen LogP) is 3.76. The molecule has 0 spiro atoms. The van der Waals surface area contributed by atoms with Crippen LogP contribution < -0.4 is 0 Å². The van der Waals surface area contributed by atoms with Crippen LogP contribution in [0.15, 0.2) is 11.6 Å². The first-order chi connectivity index (χ1) is 4.72. The highest BCUT2D eigenvalue weighted by molar-refractivity contribution is 9.09. The van der Waals surface area contributed by atoms with E-state index < -0.39 is 0 Å². The first kappa shape index (κ1) is 10.2. The van der Waals surface area contributed by atoms with Crippen molar-refractivity contribution < 1.29 is 0 Å². The number of hydrogen-bond donors (Lipinski definition) is 0. The zero-order valence-corrected chi connectivity index (χ0v) is 8.74. The molecule has 0 aromatic carbocycles. The lowest BCUT2D eigenvalue weighted by Gasteiger charge is -2.07. The highest BCUT2D eigenvalue weighted by Gasteiger charge is 1.98. The summed E-state index contributed by atoms with van der Waals surface area (Å²) in [6.45, 7) is 6.73. The molecule has 0 bridgehead atoms. The summed E-state index contributed by atoms with van der Waals surface area (Å²) in [5.74, 6) is 0.763. The van der Waals surface area contributed by atoms with E-state index in [1.165, 1.54) is 12.0 Å². The van der Waals surface area contributed by atoms with Gasteiger partial charge in [0.05, 0.1) is 0 Å². The summed E-state index contributed by atoms with van der Waals surface area (Å²) < 4.78 is 0. The quantitative estimate of drug-likeness (QED) is 0.484. The van der Waals surface area contributed by atoms with Crippen molar-refractivity contribution in [2.75, 3.05) is 5.33 Å². The lowest BCUT2D eigenvalue weighted by molar-refractivity contribution is 0.652. The van der Waals surface area contributed by atoms with Crippen molar-refractivity contribution in [2.24, 2.45) is 5.92 Å². The number of rotatable bonds is 4. The molecule has 1 heteroatoms. The molecule has 1 atom stereocenters. The van der Waals surface area contributed by atoms with Gasteiger partial charge in [0.15, 0.2) is 0 Å². The summed E-state index contributed by atoms with van der Waals surface area (Å²) in [6.07, 6.45) is 4.74. The van der Waals surface area contributed by atoms with Crippen LogP contribution in [0.3, 0.4) is 0 Å². The maximum Gasteiger partial charge on any atom is 0.00660 e. The largest absolute Gasteiger partial charge is 0.0925 e. The van der Waals surface area contributed by atoms with Gasteiger partial charge in [-0.2, -0.15) is 0 Å². The Hall–Kier alpha value is 0.220. The zero-order valence-electron chi connectivity index (χ0n) is 7.15.